The minimum Gasteiger partial charge on any atom is -0.330 e. The number of rotatable bonds is 4. The highest BCUT2D eigenvalue weighted by Crippen LogP contribution is 2.26. The van der Waals surface area contributed by atoms with Gasteiger partial charge in [-0.05, 0) is 64.8 Å². The number of anilines is 2. The van der Waals surface area contributed by atoms with Crippen LogP contribution in [0, 0.1) is 6.92 Å². The number of nitrogens with zero attached hydrogens (tertiary/aromatic N) is 2. The maximum atomic E-state index is 12.6. The van der Waals surface area contributed by atoms with Gasteiger partial charge in [0.1, 0.15) is 0 Å². The molecular weight excluding hydrogens is 398 g/mol. The minimum atomic E-state index is -3.51. The zero-order valence-electron chi connectivity index (χ0n) is 12.0. The van der Waals surface area contributed by atoms with Crippen LogP contribution in [0.15, 0.2) is 62.2 Å². The molecule has 5 nitrogen and oxygen atoms in total. The molecule has 3 aromatic rings. The van der Waals surface area contributed by atoms with Gasteiger partial charge in [-0.1, -0.05) is 23.5 Å². The van der Waals surface area contributed by atoms with Gasteiger partial charge in [0.2, 0.25) is 15.0 Å². The van der Waals surface area contributed by atoms with Crippen molar-refractivity contribution in [3.05, 3.63) is 58.0 Å². The van der Waals surface area contributed by atoms with E-state index in [0.717, 1.165) is 11.3 Å². The summed E-state index contributed by atoms with van der Waals surface area (Å²) in [5.74, 6) is 0. The Kier molecular flexibility index (Phi) is 4.47. The molecule has 1 aromatic heterocycles. The molecule has 0 radical (unpaired) electrons. The Bertz CT molecular complexity index is 937. The molecule has 0 aliphatic rings. The molecule has 0 bridgehead atoms. The number of benzene rings is 2. The topological polar surface area (TPSA) is 72.0 Å². The van der Waals surface area contributed by atoms with Crippen LogP contribution in [0.2, 0.25) is 0 Å². The molecule has 2 aromatic carbocycles. The normalized spacial score (nSPS) is 11.4. The first-order chi connectivity index (χ1) is 10.9. The lowest BCUT2D eigenvalue weighted by Crippen LogP contribution is -2.02. The fraction of sp³-hybridized carbons (Fsp3) is 0.0667. The third kappa shape index (κ3) is 3.60. The number of sulfone groups is 1. The van der Waals surface area contributed by atoms with E-state index < -0.39 is 9.84 Å². The second-order valence-corrected chi connectivity index (χ2v) is 9.03. The lowest BCUT2D eigenvalue weighted by Gasteiger charge is -2.07. The van der Waals surface area contributed by atoms with E-state index in [4.69, 9.17) is 0 Å². The Hall–Kier alpha value is -1.77. The van der Waals surface area contributed by atoms with Crippen LogP contribution in [-0.2, 0) is 9.84 Å². The maximum absolute atomic E-state index is 12.6. The predicted octanol–water partition coefficient (Wildman–Crippen LogP) is 4.19. The summed E-state index contributed by atoms with van der Waals surface area (Å²) in [4.78, 5) is 0.554. The van der Waals surface area contributed by atoms with Crippen LogP contribution in [0.1, 0.15) is 5.56 Å². The summed E-state index contributed by atoms with van der Waals surface area (Å²) in [7, 11) is -3.51. The van der Waals surface area contributed by atoms with Crippen LogP contribution in [0.4, 0.5) is 10.8 Å². The highest BCUT2D eigenvalue weighted by atomic mass is 79.9. The summed E-state index contributed by atoms with van der Waals surface area (Å²) >= 11 is 4.60. The number of hydrogen-bond donors (Lipinski definition) is 1. The first kappa shape index (κ1) is 16.1. The predicted molar refractivity (Wildman–Crippen MR) is 94.0 cm³/mol. The zero-order valence-corrected chi connectivity index (χ0v) is 15.2. The van der Waals surface area contributed by atoms with Crippen molar-refractivity contribution >= 4 is 47.9 Å². The zero-order chi connectivity index (χ0) is 16.4. The number of nitrogens with one attached hydrogen (secondary N) is 1. The molecule has 1 N–H and O–H groups in total. The van der Waals surface area contributed by atoms with Gasteiger partial charge in [0.15, 0.2) is 3.92 Å². The van der Waals surface area contributed by atoms with Crippen LogP contribution in [0.3, 0.4) is 0 Å². The highest BCUT2D eigenvalue weighted by molar-refractivity contribution is 9.11. The molecule has 0 fully saturated rings. The summed E-state index contributed by atoms with van der Waals surface area (Å²) in [6.07, 6.45) is 0. The molecule has 0 unspecified atom stereocenters. The number of aromatic nitrogens is 2. The van der Waals surface area contributed by atoms with E-state index in [1.165, 1.54) is 11.3 Å². The van der Waals surface area contributed by atoms with E-state index in [1.807, 2.05) is 13.0 Å². The number of halogens is 1. The Morgan fingerprint density at radius 1 is 1.04 bits per heavy atom. The fourth-order valence-electron chi connectivity index (χ4n) is 2.02. The van der Waals surface area contributed by atoms with Crippen LogP contribution in [0.5, 0.6) is 0 Å². The van der Waals surface area contributed by atoms with Crippen molar-refractivity contribution in [2.45, 2.75) is 16.7 Å². The molecule has 8 heteroatoms. The van der Waals surface area contributed by atoms with Gasteiger partial charge < -0.3 is 5.32 Å². The van der Waals surface area contributed by atoms with Gasteiger partial charge in [0.25, 0.3) is 0 Å². The van der Waals surface area contributed by atoms with E-state index >= 15 is 0 Å². The van der Waals surface area contributed by atoms with Crippen molar-refractivity contribution in [1.82, 2.24) is 10.2 Å². The molecule has 3 rings (SSSR count). The van der Waals surface area contributed by atoms with Gasteiger partial charge in [-0.15, -0.1) is 10.2 Å². The fourth-order valence-corrected chi connectivity index (χ4v) is 4.41. The molecule has 0 aliphatic carbocycles. The van der Waals surface area contributed by atoms with Crippen LogP contribution >= 0.6 is 27.3 Å². The molecule has 0 spiro atoms. The van der Waals surface area contributed by atoms with Crippen LogP contribution in [-0.4, -0.2) is 18.6 Å². The lowest BCUT2D eigenvalue weighted by molar-refractivity contribution is 0.596. The first-order valence-electron chi connectivity index (χ1n) is 6.63. The quantitative estimate of drug-likeness (QED) is 0.699. The number of aryl methyl sites for hydroxylation is 1. The molecular formula is C15H12BrN3O2S2. The molecule has 23 heavy (non-hydrogen) atoms. The summed E-state index contributed by atoms with van der Waals surface area (Å²) < 4.78 is 25.9. The Labute approximate surface area is 146 Å². The Balaban J connectivity index is 1.86. The minimum absolute atomic E-state index is 0.257. The van der Waals surface area contributed by atoms with Crippen molar-refractivity contribution in [3.63, 3.8) is 0 Å². The van der Waals surface area contributed by atoms with Crippen molar-refractivity contribution in [2.24, 2.45) is 0 Å². The van der Waals surface area contributed by atoms with E-state index in [1.54, 1.807) is 42.5 Å². The second-order valence-electron chi connectivity index (χ2n) is 4.83. The van der Waals surface area contributed by atoms with Crippen molar-refractivity contribution in [2.75, 3.05) is 5.32 Å². The average Bonchev–Trinajstić information content (AvgIpc) is 2.93. The van der Waals surface area contributed by atoms with Gasteiger partial charge in [0.05, 0.1) is 9.79 Å². The summed E-state index contributed by atoms with van der Waals surface area (Å²) in [6, 6.07) is 13.5. The summed E-state index contributed by atoms with van der Waals surface area (Å²) in [6.45, 7) is 1.87. The molecule has 1 heterocycles. The van der Waals surface area contributed by atoms with E-state index in [-0.39, 0.29) is 4.90 Å². The highest BCUT2D eigenvalue weighted by Gasteiger charge is 2.17. The monoisotopic (exact) mass is 409 g/mol. The van der Waals surface area contributed by atoms with E-state index in [2.05, 4.69) is 31.4 Å². The Morgan fingerprint density at radius 2 is 1.78 bits per heavy atom. The standard InChI is InChI=1S/C15H12BrN3O2S2/c1-10-3-2-4-13(9-10)23(20,21)12-7-5-11(6-8-12)17-15-19-18-14(16)22-15/h2-9H,1H3,(H,17,19). The van der Waals surface area contributed by atoms with Gasteiger partial charge in [-0.25, -0.2) is 8.42 Å². The molecule has 0 saturated heterocycles. The smallest absolute Gasteiger partial charge is 0.210 e. The molecule has 0 saturated carbocycles. The summed E-state index contributed by atoms with van der Waals surface area (Å²) in [5.41, 5.74) is 1.66. The molecule has 0 atom stereocenters. The van der Waals surface area contributed by atoms with Crippen LogP contribution < -0.4 is 5.32 Å². The second kappa shape index (κ2) is 6.38. The first-order valence-corrected chi connectivity index (χ1v) is 9.72. The van der Waals surface area contributed by atoms with Crippen molar-refractivity contribution in [3.8, 4) is 0 Å². The lowest BCUT2D eigenvalue weighted by atomic mass is 10.2. The van der Waals surface area contributed by atoms with Crippen molar-refractivity contribution < 1.29 is 8.42 Å². The summed E-state index contributed by atoms with van der Waals surface area (Å²) in [5, 5.41) is 11.5. The van der Waals surface area contributed by atoms with E-state index in [0.29, 0.717) is 13.9 Å². The van der Waals surface area contributed by atoms with Crippen LogP contribution in [0.25, 0.3) is 0 Å². The average molecular weight is 410 g/mol. The Morgan fingerprint density at radius 3 is 2.39 bits per heavy atom. The molecule has 118 valence electrons. The van der Waals surface area contributed by atoms with E-state index in [9.17, 15) is 8.42 Å². The molecule has 0 amide bonds. The molecule has 0 aliphatic heterocycles. The SMILES string of the molecule is Cc1cccc(S(=O)(=O)c2ccc(Nc3nnc(Br)s3)cc2)c1. The third-order valence-corrected chi connectivity index (χ3v) is 6.15. The largest absolute Gasteiger partial charge is 0.330 e. The maximum Gasteiger partial charge on any atom is 0.210 e. The van der Waals surface area contributed by atoms with Gasteiger partial charge >= 0.3 is 0 Å². The van der Waals surface area contributed by atoms with Gasteiger partial charge in [-0.3, -0.25) is 0 Å². The third-order valence-electron chi connectivity index (χ3n) is 3.12. The number of hydrogen-bond acceptors (Lipinski definition) is 6. The van der Waals surface area contributed by atoms with Crippen molar-refractivity contribution in [1.29, 1.82) is 0 Å². The van der Waals surface area contributed by atoms with Gasteiger partial charge in [-0.2, -0.15) is 0 Å². The van der Waals surface area contributed by atoms with Gasteiger partial charge in [0, 0.05) is 5.69 Å².